The summed E-state index contributed by atoms with van der Waals surface area (Å²) in [7, 11) is 0. The first-order valence-electron chi connectivity index (χ1n) is 13.2. The number of benzene rings is 1. The number of ether oxygens (including phenoxy) is 2. The van der Waals surface area contributed by atoms with Crippen LogP contribution in [0.1, 0.15) is 62.1 Å². The third-order valence-corrected chi connectivity index (χ3v) is 9.10. The van der Waals surface area contributed by atoms with Crippen molar-refractivity contribution in [1.82, 2.24) is 9.80 Å². The Morgan fingerprint density at radius 2 is 1.57 bits per heavy atom. The van der Waals surface area contributed by atoms with E-state index in [2.05, 4.69) is 32.0 Å². The molecule has 35 heavy (non-hydrogen) atoms. The molecule has 6 rings (SSSR count). The van der Waals surface area contributed by atoms with Crippen molar-refractivity contribution in [3.8, 4) is 0 Å². The predicted molar refractivity (Wildman–Crippen MR) is 131 cm³/mol. The van der Waals surface area contributed by atoms with Gasteiger partial charge in [0.25, 0.3) is 5.91 Å². The molecule has 1 aromatic carbocycles. The highest BCUT2D eigenvalue weighted by molar-refractivity contribution is 5.83. The van der Waals surface area contributed by atoms with Crippen molar-refractivity contribution in [2.75, 3.05) is 39.4 Å². The molecule has 7 heteroatoms. The van der Waals surface area contributed by atoms with E-state index < -0.39 is 5.41 Å². The molecule has 4 bridgehead atoms. The zero-order chi connectivity index (χ0) is 24.8. The smallest absolute Gasteiger partial charge is 0.409 e. The molecule has 1 aromatic rings. The molecule has 4 aliphatic carbocycles. The fourth-order valence-corrected chi connectivity index (χ4v) is 7.64. The van der Waals surface area contributed by atoms with Crippen LogP contribution in [-0.2, 0) is 24.5 Å². The third-order valence-electron chi connectivity index (χ3n) is 9.10. The molecule has 0 aromatic heterocycles. The lowest BCUT2D eigenvalue weighted by Crippen LogP contribution is -2.57. The maximum absolute atomic E-state index is 13.5. The molecule has 1 aliphatic heterocycles. The van der Waals surface area contributed by atoms with E-state index in [0.29, 0.717) is 44.6 Å². The quantitative estimate of drug-likeness (QED) is 0.594. The van der Waals surface area contributed by atoms with Crippen LogP contribution < -0.4 is 0 Å². The Morgan fingerprint density at radius 3 is 2.20 bits per heavy atom. The van der Waals surface area contributed by atoms with Gasteiger partial charge < -0.3 is 19.3 Å². The minimum Gasteiger partial charge on any atom is -0.455 e. The minimum absolute atomic E-state index is 0.0506. The minimum atomic E-state index is -0.467. The summed E-state index contributed by atoms with van der Waals surface area (Å²) in [5.41, 5.74) is 3.57. The van der Waals surface area contributed by atoms with E-state index in [1.807, 2.05) is 0 Å². The fraction of sp³-hybridized carbons (Fsp3) is 0.679. The second-order valence-electron chi connectivity index (χ2n) is 11.5. The summed E-state index contributed by atoms with van der Waals surface area (Å²) >= 11 is 0. The second kappa shape index (κ2) is 9.14. The lowest BCUT2D eigenvalue weighted by molar-refractivity contribution is -0.177. The molecule has 1 heterocycles. The number of hydrogen-bond donors (Lipinski definition) is 0. The lowest BCUT2D eigenvalue weighted by Gasteiger charge is -2.61. The van der Waals surface area contributed by atoms with Crippen LogP contribution in [0, 0.1) is 31.1 Å². The normalized spacial score (nSPS) is 31.4. The standard InChI is InChI=1S/C28H38N2O5/c1-4-34-26(33)30-9-7-29(8-10-30)24(31)17-35-25(32)28-15-21-12-22(16-28)14-27(13-21,18-28)23-6-5-19(2)20(3)11-23/h5-6,11,21-22H,4,7-10,12-18H2,1-3H3/t21-,22+,27?,28?. The van der Waals surface area contributed by atoms with Crippen LogP contribution in [0.15, 0.2) is 18.2 Å². The second-order valence-corrected chi connectivity index (χ2v) is 11.5. The molecule has 5 fully saturated rings. The van der Waals surface area contributed by atoms with Crippen molar-refractivity contribution in [2.24, 2.45) is 17.3 Å². The Labute approximate surface area is 208 Å². The van der Waals surface area contributed by atoms with Gasteiger partial charge in [0.05, 0.1) is 12.0 Å². The summed E-state index contributed by atoms with van der Waals surface area (Å²) in [6.07, 6.45) is 5.80. The van der Waals surface area contributed by atoms with Crippen LogP contribution in [0.5, 0.6) is 0 Å². The summed E-state index contributed by atoms with van der Waals surface area (Å²) in [4.78, 5) is 41.5. The Kier molecular flexibility index (Phi) is 6.30. The molecule has 0 radical (unpaired) electrons. The topological polar surface area (TPSA) is 76.2 Å². The maximum atomic E-state index is 13.5. The largest absolute Gasteiger partial charge is 0.455 e. The van der Waals surface area contributed by atoms with Gasteiger partial charge in [0.2, 0.25) is 0 Å². The lowest BCUT2D eigenvalue weighted by atomic mass is 9.43. The van der Waals surface area contributed by atoms with E-state index in [0.717, 1.165) is 32.1 Å². The number of aryl methyl sites for hydroxylation is 2. The molecule has 2 unspecified atom stereocenters. The maximum Gasteiger partial charge on any atom is 0.409 e. The third kappa shape index (κ3) is 4.43. The molecule has 4 atom stereocenters. The van der Waals surface area contributed by atoms with E-state index in [1.54, 1.807) is 16.7 Å². The van der Waals surface area contributed by atoms with Gasteiger partial charge in [-0.3, -0.25) is 9.59 Å². The molecule has 2 amide bonds. The molecular weight excluding hydrogens is 444 g/mol. The van der Waals surface area contributed by atoms with E-state index in [4.69, 9.17) is 9.47 Å². The molecule has 4 saturated carbocycles. The van der Waals surface area contributed by atoms with Gasteiger partial charge in [-0.05, 0) is 93.2 Å². The van der Waals surface area contributed by atoms with Gasteiger partial charge >= 0.3 is 12.1 Å². The Morgan fingerprint density at radius 1 is 0.914 bits per heavy atom. The summed E-state index contributed by atoms with van der Waals surface area (Å²) < 4.78 is 10.8. The number of hydrogen-bond acceptors (Lipinski definition) is 5. The Hall–Kier alpha value is -2.57. The van der Waals surface area contributed by atoms with Crippen LogP contribution in [-0.4, -0.2) is 67.2 Å². The molecule has 190 valence electrons. The Balaban J connectivity index is 1.22. The van der Waals surface area contributed by atoms with Gasteiger partial charge in [-0.15, -0.1) is 0 Å². The van der Waals surface area contributed by atoms with Crippen LogP contribution >= 0.6 is 0 Å². The first-order chi connectivity index (χ1) is 16.7. The SMILES string of the molecule is CCOC(=O)N1CCN(C(=O)COC(=O)C23C[C@H]4C[C@@H](C2)CC(c2ccc(C)c(C)c2)(C4)C3)CC1. The molecule has 7 nitrogen and oxygen atoms in total. The first kappa shape index (κ1) is 24.1. The number of carbonyl (C=O) groups is 3. The van der Waals surface area contributed by atoms with Crippen molar-refractivity contribution in [3.63, 3.8) is 0 Å². The highest BCUT2D eigenvalue weighted by Crippen LogP contribution is 2.66. The summed E-state index contributed by atoms with van der Waals surface area (Å²) in [6.45, 7) is 7.94. The highest BCUT2D eigenvalue weighted by atomic mass is 16.6. The average Bonchev–Trinajstić information content (AvgIpc) is 2.83. The fourth-order valence-electron chi connectivity index (χ4n) is 7.64. The van der Waals surface area contributed by atoms with E-state index in [-0.39, 0.29) is 30.0 Å². The van der Waals surface area contributed by atoms with Crippen molar-refractivity contribution < 1.29 is 23.9 Å². The average molecular weight is 483 g/mol. The van der Waals surface area contributed by atoms with Crippen LogP contribution in [0.25, 0.3) is 0 Å². The number of esters is 1. The Bertz CT molecular complexity index is 999. The molecule has 1 saturated heterocycles. The van der Waals surface area contributed by atoms with E-state index in [9.17, 15) is 14.4 Å². The predicted octanol–water partition coefficient (Wildman–Crippen LogP) is 3.99. The molecule has 5 aliphatic rings. The van der Waals surface area contributed by atoms with Crippen molar-refractivity contribution >= 4 is 18.0 Å². The van der Waals surface area contributed by atoms with Crippen LogP contribution in [0.2, 0.25) is 0 Å². The van der Waals surface area contributed by atoms with Gasteiger partial charge in [0.1, 0.15) is 0 Å². The number of rotatable bonds is 5. The van der Waals surface area contributed by atoms with Gasteiger partial charge in [-0.2, -0.15) is 0 Å². The van der Waals surface area contributed by atoms with Gasteiger partial charge in [-0.1, -0.05) is 18.2 Å². The van der Waals surface area contributed by atoms with Gasteiger partial charge in [0.15, 0.2) is 6.61 Å². The number of nitrogens with zero attached hydrogens (tertiary/aromatic N) is 2. The van der Waals surface area contributed by atoms with E-state index in [1.165, 1.54) is 23.1 Å². The molecule has 0 spiro atoms. The summed E-state index contributed by atoms with van der Waals surface area (Å²) in [5, 5.41) is 0. The van der Waals surface area contributed by atoms with E-state index >= 15 is 0 Å². The number of piperazine rings is 1. The van der Waals surface area contributed by atoms with Crippen molar-refractivity contribution in [2.45, 2.75) is 64.7 Å². The first-order valence-corrected chi connectivity index (χ1v) is 13.2. The summed E-state index contributed by atoms with van der Waals surface area (Å²) in [5.74, 6) is 0.739. The van der Waals surface area contributed by atoms with Crippen LogP contribution in [0.4, 0.5) is 4.79 Å². The molecular formula is C28H38N2O5. The van der Waals surface area contributed by atoms with Crippen LogP contribution in [0.3, 0.4) is 0 Å². The van der Waals surface area contributed by atoms with Gasteiger partial charge in [-0.25, -0.2) is 4.79 Å². The van der Waals surface area contributed by atoms with Crippen molar-refractivity contribution in [3.05, 3.63) is 34.9 Å². The van der Waals surface area contributed by atoms with Crippen molar-refractivity contribution in [1.29, 1.82) is 0 Å². The number of amides is 2. The summed E-state index contributed by atoms with van der Waals surface area (Å²) in [6, 6.07) is 6.82. The number of carbonyl (C=O) groups excluding carboxylic acids is 3. The zero-order valence-electron chi connectivity index (χ0n) is 21.3. The zero-order valence-corrected chi connectivity index (χ0v) is 21.3. The molecule has 0 N–H and O–H groups in total. The van der Waals surface area contributed by atoms with Gasteiger partial charge in [0, 0.05) is 26.2 Å². The monoisotopic (exact) mass is 482 g/mol. The highest BCUT2D eigenvalue weighted by Gasteiger charge is 2.61.